The summed E-state index contributed by atoms with van der Waals surface area (Å²) in [6.45, 7) is 4.25. The van der Waals surface area contributed by atoms with Crippen LogP contribution in [-0.2, 0) is 7.05 Å². The van der Waals surface area contributed by atoms with Gasteiger partial charge in [-0.1, -0.05) is 76.3 Å². The van der Waals surface area contributed by atoms with Gasteiger partial charge in [-0.3, -0.25) is 0 Å². The zero-order valence-corrected chi connectivity index (χ0v) is 23.3. The monoisotopic (exact) mass is 509 g/mol. The molecule has 0 atom stereocenters. The Kier molecular flexibility index (Phi) is 8.42. The quantitative estimate of drug-likeness (QED) is 0.237. The van der Waals surface area contributed by atoms with Gasteiger partial charge in [0.2, 0.25) is 0 Å². The van der Waals surface area contributed by atoms with Gasteiger partial charge in [-0.25, -0.2) is 8.96 Å². The summed E-state index contributed by atoms with van der Waals surface area (Å²) in [7, 11) is 2.10. The van der Waals surface area contributed by atoms with E-state index in [4.69, 9.17) is 0 Å². The molecule has 6 rings (SSSR count). The molecule has 0 N–H and O–H groups in total. The maximum atomic E-state index is 13.8. The molecule has 0 saturated heterocycles. The summed E-state index contributed by atoms with van der Waals surface area (Å²) in [5.74, 6) is 2.08. The predicted octanol–water partition coefficient (Wildman–Crippen LogP) is 9.51. The first-order chi connectivity index (χ1) is 18.6. The largest absolute Gasteiger partial charge is 0.293 e. The Morgan fingerprint density at radius 1 is 0.737 bits per heavy atom. The third-order valence-electron chi connectivity index (χ3n) is 8.21. The van der Waals surface area contributed by atoms with Crippen LogP contribution in [0.1, 0.15) is 94.6 Å². The first-order valence-electron chi connectivity index (χ1n) is 14.7. The third-order valence-corrected chi connectivity index (χ3v) is 8.21. The van der Waals surface area contributed by atoms with Gasteiger partial charge < -0.3 is 0 Å². The number of halogens is 1. The second-order valence-electron chi connectivity index (χ2n) is 11.1. The molecule has 1 heterocycles. The molecule has 0 radical (unpaired) electrons. The molecule has 3 heteroatoms. The number of hydrogen-bond acceptors (Lipinski definition) is 0. The van der Waals surface area contributed by atoms with E-state index in [1.54, 1.807) is 12.1 Å². The Morgan fingerprint density at radius 2 is 1.26 bits per heavy atom. The number of nitrogens with zero attached hydrogens (tertiary/aromatic N) is 2. The summed E-state index contributed by atoms with van der Waals surface area (Å²) in [6.07, 6.45) is 15.9. The van der Waals surface area contributed by atoms with E-state index in [0.717, 1.165) is 11.4 Å². The lowest BCUT2D eigenvalue weighted by Crippen LogP contribution is -2.29. The van der Waals surface area contributed by atoms with Gasteiger partial charge >= 0.3 is 0 Å². The topological polar surface area (TPSA) is 8.81 Å². The van der Waals surface area contributed by atoms with Crippen molar-refractivity contribution >= 4 is 0 Å². The van der Waals surface area contributed by atoms with Crippen LogP contribution in [0.15, 0.2) is 79.1 Å². The van der Waals surface area contributed by atoms with E-state index in [-0.39, 0.29) is 5.82 Å². The third kappa shape index (κ3) is 5.48. The average molecular weight is 510 g/mol. The molecule has 198 valence electrons. The lowest BCUT2D eigenvalue weighted by atomic mass is 9.84. The second-order valence-corrected chi connectivity index (χ2v) is 11.1. The van der Waals surface area contributed by atoms with Gasteiger partial charge in [0.25, 0.3) is 5.82 Å². The van der Waals surface area contributed by atoms with Gasteiger partial charge in [0, 0.05) is 11.1 Å². The molecular weight excluding hydrogens is 467 g/mol. The van der Waals surface area contributed by atoms with Crippen LogP contribution in [-0.4, -0.2) is 4.57 Å². The van der Waals surface area contributed by atoms with E-state index < -0.39 is 0 Å². The molecule has 0 unspecified atom stereocenters. The van der Waals surface area contributed by atoms with Gasteiger partial charge in [0.1, 0.15) is 23.9 Å². The van der Waals surface area contributed by atoms with Crippen LogP contribution < -0.4 is 4.57 Å². The van der Waals surface area contributed by atoms with Crippen molar-refractivity contribution in [3.63, 3.8) is 0 Å². The van der Waals surface area contributed by atoms with Crippen molar-refractivity contribution in [2.24, 2.45) is 7.05 Å². The molecule has 38 heavy (non-hydrogen) atoms. The lowest BCUT2D eigenvalue weighted by molar-refractivity contribution is -0.659. The van der Waals surface area contributed by atoms with Crippen LogP contribution in [0.3, 0.4) is 0 Å². The van der Waals surface area contributed by atoms with Crippen molar-refractivity contribution in [2.75, 3.05) is 0 Å². The van der Waals surface area contributed by atoms with Gasteiger partial charge in [-0.15, -0.1) is 0 Å². The van der Waals surface area contributed by atoms with Gasteiger partial charge in [0.15, 0.2) is 0 Å². The summed E-state index contributed by atoms with van der Waals surface area (Å²) < 4.78 is 18.4. The molecule has 0 amide bonds. The van der Waals surface area contributed by atoms with Gasteiger partial charge in [-0.2, -0.15) is 4.57 Å². The Hall–Kier alpha value is -3.20. The minimum absolute atomic E-state index is 0.194. The standard InChI is InChI=1S/C32H34FN2.C3H8/c1-34-19-20-35(32(34)26-15-17-28(33)18-16-26)31-29(24-11-5-6-12-24)21-27(23-9-3-2-4-10-23)22-30(31)25-13-7-8-14-25;1-3-2/h2-4,9-10,15-22,24-25H,5-8,11-14H2,1H3;3H2,1-2H3/q+1;. The van der Waals surface area contributed by atoms with E-state index in [1.165, 1.54) is 85.7 Å². The maximum absolute atomic E-state index is 13.8. The number of rotatable bonds is 5. The van der Waals surface area contributed by atoms with Crippen molar-refractivity contribution in [3.05, 3.63) is 96.1 Å². The van der Waals surface area contributed by atoms with Crippen LogP contribution in [0, 0.1) is 5.82 Å². The van der Waals surface area contributed by atoms with Gasteiger partial charge in [0.05, 0.1) is 12.6 Å². The van der Waals surface area contributed by atoms with Crippen LogP contribution in [0.25, 0.3) is 28.2 Å². The van der Waals surface area contributed by atoms with Crippen LogP contribution in [0.5, 0.6) is 0 Å². The predicted molar refractivity (Wildman–Crippen MR) is 156 cm³/mol. The Labute approximate surface area is 228 Å². The minimum atomic E-state index is -0.194. The zero-order valence-electron chi connectivity index (χ0n) is 23.3. The van der Waals surface area contributed by atoms with Crippen LogP contribution in [0.4, 0.5) is 4.39 Å². The number of aryl methyl sites for hydroxylation is 1. The summed E-state index contributed by atoms with van der Waals surface area (Å²) >= 11 is 0. The summed E-state index contributed by atoms with van der Waals surface area (Å²) in [5, 5.41) is 0. The van der Waals surface area contributed by atoms with E-state index in [0.29, 0.717) is 11.8 Å². The molecule has 0 aliphatic heterocycles. The SMILES string of the molecule is CCC.C[n+]1ccn(-c2c(C3CCCC3)cc(-c3ccccc3)cc2C2CCCC2)c1-c1ccc(F)cc1. The fourth-order valence-corrected chi connectivity index (χ4v) is 6.45. The van der Waals surface area contributed by atoms with Crippen molar-refractivity contribution in [1.82, 2.24) is 4.57 Å². The Bertz CT molecular complexity index is 1290. The molecular formula is C35H42FN2+. The molecule has 2 nitrogen and oxygen atoms in total. The number of hydrogen-bond donors (Lipinski definition) is 0. The molecule has 2 aliphatic carbocycles. The van der Waals surface area contributed by atoms with Crippen molar-refractivity contribution in [1.29, 1.82) is 0 Å². The van der Waals surface area contributed by atoms with E-state index >= 15 is 0 Å². The van der Waals surface area contributed by atoms with Crippen LogP contribution in [0.2, 0.25) is 0 Å². The van der Waals surface area contributed by atoms with Crippen molar-refractivity contribution in [2.45, 2.75) is 83.5 Å². The first-order valence-corrected chi connectivity index (χ1v) is 14.7. The summed E-state index contributed by atoms with van der Waals surface area (Å²) in [6, 6.07) is 22.8. The molecule has 4 aromatic rings. The molecule has 2 fully saturated rings. The highest BCUT2D eigenvalue weighted by molar-refractivity contribution is 5.71. The van der Waals surface area contributed by atoms with Crippen LogP contribution >= 0.6 is 0 Å². The molecule has 2 aliphatic rings. The summed E-state index contributed by atoms with van der Waals surface area (Å²) in [5.41, 5.74) is 8.05. The molecule has 0 spiro atoms. The smallest absolute Gasteiger partial charge is 0.232 e. The Balaban J connectivity index is 0.000000937. The Morgan fingerprint density at radius 3 is 1.79 bits per heavy atom. The van der Waals surface area contributed by atoms with E-state index in [2.05, 4.69) is 84.9 Å². The van der Waals surface area contributed by atoms with Gasteiger partial charge in [-0.05, 0) is 85.0 Å². The van der Waals surface area contributed by atoms with Crippen molar-refractivity contribution < 1.29 is 8.96 Å². The highest BCUT2D eigenvalue weighted by Gasteiger charge is 2.32. The fraction of sp³-hybridized carbons (Fsp3) is 0.400. The van der Waals surface area contributed by atoms with Crippen molar-refractivity contribution in [3.8, 4) is 28.2 Å². The normalized spacial score (nSPS) is 16.0. The fourth-order valence-electron chi connectivity index (χ4n) is 6.45. The van der Waals surface area contributed by atoms with E-state index in [9.17, 15) is 4.39 Å². The zero-order chi connectivity index (χ0) is 26.5. The minimum Gasteiger partial charge on any atom is -0.232 e. The molecule has 0 bridgehead atoms. The summed E-state index contributed by atoms with van der Waals surface area (Å²) in [4.78, 5) is 0. The van der Waals surface area contributed by atoms with E-state index in [1.807, 2.05) is 12.1 Å². The molecule has 2 saturated carbocycles. The number of aromatic nitrogens is 2. The molecule has 1 aromatic heterocycles. The maximum Gasteiger partial charge on any atom is 0.293 e. The average Bonchev–Trinajstić information content (AvgIpc) is 3.72. The first kappa shape index (κ1) is 26.4. The number of benzene rings is 3. The lowest BCUT2D eigenvalue weighted by Gasteiger charge is -2.22. The molecule has 3 aromatic carbocycles. The number of imidazole rings is 1. The highest BCUT2D eigenvalue weighted by Crippen LogP contribution is 2.46. The highest BCUT2D eigenvalue weighted by atomic mass is 19.1. The second kappa shape index (κ2) is 12.1.